The van der Waals surface area contributed by atoms with Crippen molar-refractivity contribution in [3.8, 4) is 0 Å². The van der Waals surface area contributed by atoms with Crippen molar-refractivity contribution < 1.29 is 14.5 Å². The molecule has 0 bridgehead atoms. The van der Waals surface area contributed by atoms with Crippen molar-refractivity contribution in [3.63, 3.8) is 0 Å². The van der Waals surface area contributed by atoms with Gasteiger partial charge in [0.1, 0.15) is 5.69 Å². The molecular formula is C15H22N4O4. The van der Waals surface area contributed by atoms with E-state index in [4.69, 9.17) is 10.5 Å². The molecule has 0 spiro atoms. The van der Waals surface area contributed by atoms with E-state index in [-0.39, 0.29) is 18.2 Å². The van der Waals surface area contributed by atoms with Gasteiger partial charge in [0.05, 0.1) is 18.1 Å². The molecule has 8 nitrogen and oxygen atoms in total. The summed E-state index contributed by atoms with van der Waals surface area (Å²) in [6.45, 7) is 5.08. The zero-order valence-corrected chi connectivity index (χ0v) is 13.2. The maximum Gasteiger partial charge on any atom is 0.320 e. The van der Waals surface area contributed by atoms with Crippen LogP contribution >= 0.6 is 0 Å². The molecule has 1 fully saturated rings. The third-order valence-electron chi connectivity index (χ3n) is 3.78. The van der Waals surface area contributed by atoms with Gasteiger partial charge in [-0.1, -0.05) is 0 Å². The smallest absolute Gasteiger partial charge is 0.320 e. The second-order valence-electron chi connectivity index (χ2n) is 5.43. The lowest BCUT2D eigenvalue weighted by Crippen LogP contribution is -2.35. The van der Waals surface area contributed by atoms with Gasteiger partial charge in [-0.05, 0) is 25.5 Å². The molecule has 0 unspecified atom stereocenters. The van der Waals surface area contributed by atoms with Gasteiger partial charge in [0, 0.05) is 37.9 Å². The van der Waals surface area contributed by atoms with E-state index in [2.05, 4.69) is 0 Å². The fourth-order valence-electron chi connectivity index (χ4n) is 2.71. The molecule has 8 heteroatoms. The Morgan fingerprint density at radius 1 is 1.35 bits per heavy atom. The maximum absolute atomic E-state index is 11.6. The average Bonchev–Trinajstić information content (AvgIpc) is 2.72. The van der Waals surface area contributed by atoms with Crippen LogP contribution in [0.3, 0.4) is 0 Å². The van der Waals surface area contributed by atoms with E-state index in [1.165, 1.54) is 12.1 Å². The molecule has 0 aromatic heterocycles. The van der Waals surface area contributed by atoms with E-state index in [1.54, 1.807) is 13.0 Å². The minimum atomic E-state index is -0.393. The second-order valence-corrected chi connectivity index (χ2v) is 5.43. The summed E-state index contributed by atoms with van der Waals surface area (Å²) < 4.78 is 4.96. The van der Waals surface area contributed by atoms with Gasteiger partial charge >= 0.3 is 5.97 Å². The summed E-state index contributed by atoms with van der Waals surface area (Å²) >= 11 is 0. The fraction of sp³-hybridized carbons (Fsp3) is 0.533. The van der Waals surface area contributed by atoms with Crippen LogP contribution in [0.15, 0.2) is 18.2 Å². The molecule has 1 aromatic rings. The Balaban J connectivity index is 2.07. The number of rotatable bonds is 5. The summed E-state index contributed by atoms with van der Waals surface area (Å²) in [6.07, 6.45) is 0.811. The lowest BCUT2D eigenvalue weighted by molar-refractivity contribution is -0.384. The molecule has 126 valence electrons. The zero-order chi connectivity index (χ0) is 16.8. The molecule has 0 atom stereocenters. The highest BCUT2D eigenvalue weighted by molar-refractivity contribution is 5.71. The number of hydrogen-bond acceptors (Lipinski definition) is 7. The van der Waals surface area contributed by atoms with Crippen molar-refractivity contribution in [2.45, 2.75) is 13.3 Å². The molecule has 0 saturated carbocycles. The summed E-state index contributed by atoms with van der Waals surface area (Å²) in [6, 6.07) is 4.61. The summed E-state index contributed by atoms with van der Waals surface area (Å²) in [5.41, 5.74) is 6.87. The number of carbonyl (C=O) groups is 1. The molecule has 1 aliphatic rings. The lowest BCUT2D eigenvalue weighted by atomic mass is 10.2. The third-order valence-corrected chi connectivity index (χ3v) is 3.78. The van der Waals surface area contributed by atoms with E-state index < -0.39 is 4.92 Å². The molecule has 0 radical (unpaired) electrons. The van der Waals surface area contributed by atoms with Crippen molar-refractivity contribution in [1.29, 1.82) is 0 Å². The number of esters is 1. The van der Waals surface area contributed by atoms with Crippen LogP contribution in [-0.2, 0) is 9.53 Å². The van der Waals surface area contributed by atoms with Gasteiger partial charge in [-0.3, -0.25) is 19.8 Å². The molecule has 0 amide bonds. The van der Waals surface area contributed by atoms with Gasteiger partial charge in [-0.15, -0.1) is 0 Å². The monoisotopic (exact) mass is 322 g/mol. The van der Waals surface area contributed by atoms with Crippen molar-refractivity contribution in [1.82, 2.24) is 4.90 Å². The van der Waals surface area contributed by atoms with Gasteiger partial charge in [0.25, 0.3) is 5.69 Å². The standard InChI is InChI=1S/C15H22N4O4/c1-2-23-15(20)11-17-6-3-7-18(9-8-17)14-10-12(16)4-5-13(14)19(21)22/h4-5,10H,2-3,6-9,11,16H2,1H3. The number of carbonyl (C=O) groups excluding carboxylic acids is 1. The number of nitrogen functional groups attached to an aromatic ring is 1. The third kappa shape index (κ3) is 4.56. The van der Waals surface area contributed by atoms with Gasteiger partial charge in [-0.2, -0.15) is 0 Å². The van der Waals surface area contributed by atoms with Crippen LogP contribution in [0.25, 0.3) is 0 Å². The number of benzene rings is 1. The van der Waals surface area contributed by atoms with Crippen LogP contribution in [0.5, 0.6) is 0 Å². The normalized spacial score (nSPS) is 16.0. The Bertz CT molecular complexity index is 579. The van der Waals surface area contributed by atoms with Gasteiger partial charge in [-0.25, -0.2) is 0 Å². The highest BCUT2D eigenvalue weighted by Gasteiger charge is 2.23. The van der Waals surface area contributed by atoms with Gasteiger partial charge in [0.2, 0.25) is 0 Å². The highest BCUT2D eigenvalue weighted by Crippen LogP contribution is 2.30. The number of nitro groups is 1. The number of ether oxygens (including phenoxy) is 1. The van der Waals surface area contributed by atoms with Crippen LogP contribution in [0.2, 0.25) is 0 Å². The number of nitro benzene ring substituents is 1. The quantitative estimate of drug-likeness (QED) is 0.377. The topological polar surface area (TPSA) is 102 Å². The first-order valence-corrected chi connectivity index (χ1v) is 7.68. The van der Waals surface area contributed by atoms with Crippen molar-refractivity contribution >= 4 is 23.0 Å². The summed E-state index contributed by atoms with van der Waals surface area (Å²) in [4.78, 5) is 26.4. The first-order valence-electron chi connectivity index (χ1n) is 7.68. The van der Waals surface area contributed by atoms with Crippen LogP contribution in [0.1, 0.15) is 13.3 Å². The Kier molecular flexibility index (Phi) is 5.75. The molecule has 1 aromatic carbocycles. The number of nitrogens with zero attached hydrogens (tertiary/aromatic N) is 3. The SMILES string of the molecule is CCOC(=O)CN1CCCN(c2cc(N)ccc2[N+](=O)[O-])CC1. The molecular weight excluding hydrogens is 300 g/mol. The fourth-order valence-corrected chi connectivity index (χ4v) is 2.71. The van der Waals surface area contributed by atoms with Crippen LogP contribution in [0, 0.1) is 10.1 Å². The molecule has 1 saturated heterocycles. The number of nitrogens with two attached hydrogens (primary N) is 1. The molecule has 2 N–H and O–H groups in total. The van der Waals surface area contributed by atoms with Crippen LogP contribution in [-0.4, -0.2) is 55.1 Å². The van der Waals surface area contributed by atoms with Crippen molar-refractivity contribution in [3.05, 3.63) is 28.3 Å². The van der Waals surface area contributed by atoms with E-state index in [0.717, 1.165) is 13.0 Å². The van der Waals surface area contributed by atoms with E-state index in [0.29, 0.717) is 37.6 Å². The molecule has 0 aliphatic carbocycles. The number of hydrogen-bond donors (Lipinski definition) is 1. The lowest BCUT2D eigenvalue weighted by Gasteiger charge is -2.23. The zero-order valence-electron chi connectivity index (χ0n) is 13.2. The highest BCUT2D eigenvalue weighted by atomic mass is 16.6. The van der Waals surface area contributed by atoms with Gasteiger partial charge < -0.3 is 15.4 Å². The van der Waals surface area contributed by atoms with Crippen LogP contribution in [0.4, 0.5) is 17.1 Å². The first kappa shape index (κ1) is 17.0. The molecule has 23 heavy (non-hydrogen) atoms. The Hall–Kier alpha value is -2.35. The summed E-state index contributed by atoms with van der Waals surface area (Å²) in [5.74, 6) is -0.240. The predicted octanol–water partition coefficient (Wildman–Crippen LogP) is 1.25. The minimum Gasteiger partial charge on any atom is -0.465 e. The van der Waals surface area contributed by atoms with Crippen LogP contribution < -0.4 is 10.6 Å². The van der Waals surface area contributed by atoms with E-state index in [1.807, 2.05) is 9.80 Å². The van der Waals surface area contributed by atoms with E-state index >= 15 is 0 Å². The first-order chi connectivity index (χ1) is 11.0. The minimum absolute atomic E-state index is 0.0537. The number of anilines is 2. The van der Waals surface area contributed by atoms with E-state index in [9.17, 15) is 14.9 Å². The Morgan fingerprint density at radius 3 is 2.83 bits per heavy atom. The summed E-state index contributed by atoms with van der Waals surface area (Å²) in [5, 5.41) is 11.2. The predicted molar refractivity (Wildman–Crippen MR) is 87.4 cm³/mol. The van der Waals surface area contributed by atoms with Crippen molar-refractivity contribution in [2.24, 2.45) is 0 Å². The Morgan fingerprint density at radius 2 is 2.13 bits per heavy atom. The van der Waals surface area contributed by atoms with Gasteiger partial charge in [0.15, 0.2) is 0 Å². The summed E-state index contributed by atoms with van der Waals surface area (Å²) in [7, 11) is 0. The maximum atomic E-state index is 11.6. The van der Waals surface area contributed by atoms with Crippen molar-refractivity contribution in [2.75, 3.05) is 50.0 Å². The molecule has 2 rings (SSSR count). The second kappa shape index (κ2) is 7.77. The largest absolute Gasteiger partial charge is 0.465 e. The average molecular weight is 322 g/mol. The molecule has 1 heterocycles. The molecule has 1 aliphatic heterocycles. The Labute approximate surface area is 134 Å².